The lowest BCUT2D eigenvalue weighted by Gasteiger charge is -2.15. The third kappa shape index (κ3) is 8.57. The molecule has 2 heterocycles. The molecule has 278 valence electrons. The van der Waals surface area contributed by atoms with Gasteiger partial charge in [0, 0.05) is 48.0 Å². The molecule has 0 aliphatic heterocycles. The molecule has 0 aliphatic rings. The summed E-state index contributed by atoms with van der Waals surface area (Å²) in [5.74, 6) is 2.63. The van der Waals surface area contributed by atoms with Crippen molar-refractivity contribution in [3.05, 3.63) is 103 Å². The number of carbonyl (C=O) groups is 1. The average Bonchev–Trinajstić information content (AvgIpc) is 3.70. The first-order chi connectivity index (χ1) is 26.5. The molecule has 0 aliphatic carbocycles. The molecule has 14 heteroatoms. The van der Waals surface area contributed by atoms with E-state index in [4.69, 9.17) is 33.2 Å². The van der Waals surface area contributed by atoms with E-state index in [-0.39, 0.29) is 5.78 Å². The van der Waals surface area contributed by atoms with Gasteiger partial charge in [-0.1, -0.05) is 35.5 Å². The third-order valence-electron chi connectivity index (χ3n) is 8.25. The number of para-hydroxylation sites is 1. The number of anilines is 2. The number of allylic oxidation sites excluding steroid dienone is 1. The SMILES string of the molecule is COCCOc1cc2ncnc(Nc3cccc(-c4cn(-c5ccccc5/C=C/C(=O)c5cc(OC)c(OC)c(OC)c5)nn4)c3)c2cc1OCCOC. The second-order valence-corrected chi connectivity index (χ2v) is 11.6. The second kappa shape index (κ2) is 17.8. The molecule has 6 aromatic rings. The largest absolute Gasteiger partial charge is 0.493 e. The summed E-state index contributed by atoms with van der Waals surface area (Å²) in [7, 11) is 7.76. The summed E-state index contributed by atoms with van der Waals surface area (Å²) in [6.45, 7) is 1.55. The van der Waals surface area contributed by atoms with Crippen molar-refractivity contribution in [2.75, 3.05) is 67.3 Å². The Morgan fingerprint density at radius 2 is 1.48 bits per heavy atom. The molecule has 0 atom stereocenters. The number of benzene rings is 4. The molecule has 14 nitrogen and oxygen atoms in total. The highest BCUT2D eigenvalue weighted by atomic mass is 16.6. The van der Waals surface area contributed by atoms with Crippen LogP contribution in [0.5, 0.6) is 28.7 Å². The first kappa shape index (κ1) is 37.3. The van der Waals surface area contributed by atoms with E-state index in [1.165, 1.54) is 33.7 Å². The number of fused-ring (bicyclic) bond motifs is 1. The number of nitrogens with zero attached hydrogens (tertiary/aromatic N) is 5. The minimum Gasteiger partial charge on any atom is -0.493 e. The number of hydrogen-bond acceptors (Lipinski definition) is 13. The van der Waals surface area contributed by atoms with Gasteiger partial charge in [0.1, 0.15) is 31.1 Å². The van der Waals surface area contributed by atoms with E-state index in [0.717, 1.165) is 27.9 Å². The van der Waals surface area contributed by atoms with Gasteiger partial charge in [0.05, 0.1) is 51.9 Å². The Morgan fingerprint density at radius 3 is 2.19 bits per heavy atom. The van der Waals surface area contributed by atoms with Crippen molar-refractivity contribution in [1.82, 2.24) is 25.0 Å². The zero-order valence-corrected chi connectivity index (χ0v) is 30.6. The Labute approximate surface area is 312 Å². The number of methoxy groups -OCH3 is 5. The zero-order valence-electron chi connectivity index (χ0n) is 30.6. The highest BCUT2D eigenvalue weighted by molar-refractivity contribution is 6.07. The van der Waals surface area contributed by atoms with Gasteiger partial charge < -0.3 is 38.5 Å². The van der Waals surface area contributed by atoms with Gasteiger partial charge in [-0.3, -0.25) is 4.79 Å². The molecule has 4 aromatic carbocycles. The van der Waals surface area contributed by atoms with Gasteiger partial charge in [-0.05, 0) is 48.6 Å². The van der Waals surface area contributed by atoms with Gasteiger partial charge in [-0.15, -0.1) is 5.10 Å². The van der Waals surface area contributed by atoms with E-state index in [1.807, 2.05) is 66.9 Å². The number of nitrogens with one attached hydrogen (secondary N) is 1. The van der Waals surface area contributed by atoms with Gasteiger partial charge in [-0.25, -0.2) is 14.6 Å². The number of hydrogen-bond donors (Lipinski definition) is 1. The Hall–Kier alpha value is -6.51. The van der Waals surface area contributed by atoms with Crippen LogP contribution in [0.15, 0.2) is 91.4 Å². The summed E-state index contributed by atoms with van der Waals surface area (Å²) in [6, 6.07) is 22.3. The van der Waals surface area contributed by atoms with Crippen LogP contribution in [0.1, 0.15) is 15.9 Å². The molecule has 0 bridgehead atoms. The van der Waals surface area contributed by atoms with Gasteiger partial charge >= 0.3 is 0 Å². The summed E-state index contributed by atoms with van der Waals surface area (Å²) in [5.41, 5.74) is 4.81. The molecule has 2 aromatic heterocycles. The number of ether oxygens (including phenoxy) is 7. The van der Waals surface area contributed by atoms with Crippen LogP contribution >= 0.6 is 0 Å². The summed E-state index contributed by atoms with van der Waals surface area (Å²) < 4.78 is 40.1. The Bertz CT molecular complexity index is 2230. The van der Waals surface area contributed by atoms with Gasteiger partial charge in [-0.2, -0.15) is 0 Å². The molecular weight excluding hydrogens is 692 g/mol. The van der Waals surface area contributed by atoms with E-state index in [2.05, 4.69) is 25.6 Å². The summed E-state index contributed by atoms with van der Waals surface area (Å²) in [4.78, 5) is 22.3. The predicted molar refractivity (Wildman–Crippen MR) is 204 cm³/mol. The van der Waals surface area contributed by atoms with Crippen LogP contribution in [0.2, 0.25) is 0 Å². The van der Waals surface area contributed by atoms with Crippen LogP contribution in [-0.2, 0) is 9.47 Å². The van der Waals surface area contributed by atoms with E-state index in [9.17, 15) is 4.79 Å². The van der Waals surface area contributed by atoms with Gasteiger partial charge in [0.2, 0.25) is 5.75 Å². The van der Waals surface area contributed by atoms with Crippen molar-refractivity contribution in [3.8, 4) is 45.7 Å². The number of ketones is 1. The molecule has 0 fully saturated rings. The van der Waals surface area contributed by atoms with E-state index < -0.39 is 0 Å². The van der Waals surface area contributed by atoms with Crippen LogP contribution in [0.3, 0.4) is 0 Å². The molecular formula is C40H40N6O8. The maximum absolute atomic E-state index is 13.3. The highest BCUT2D eigenvalue weighted by Crippen LogP contribution is 2.39. The summed E-state index contributed by atoms with van der Waals surface area (Å²) >= 11 is 0. The number of aromatic nitrogens is 5. The average molecular weight is 733 g/mol. The van der Waals surface area contributed by atoms with Crippen molar-refractivity contribution in [2.45, 2.75) is 0 Å². The molecule has 0 unspecified atom stereocenters. The maximum Gasteiger partial charge on any atom is 0.203 e. The zero-order chi connectivity index (χ0) is 37.9. The lowest BCUT2D eigenvalue weighted by molar-refractivity contribution is 0.104. The smallest absolute Gasteiger partial charge is 0.203 e. The lowest BCUT2D eigenvalue weighted by atomic mass is 10.1. The first-order valence-electron chi connectivity index (χ1n) is 16.9. The molecule has 0 saturated heterocycles. The molecule has 1 N–H and O–H groups in total. The van der Waals surface area contributed by atoms with Crippen molar-refractivity contribution >= 4 is 34.3 Å². The minimum atomic E-state index is -0.241. The minimum absolute atomic E-state index is 0.241. The third-order valence-corrected chi connectivity index (χ3v) is 8.25. The topological polar surface area (TPSA) is 150 Å². The fraction of sp³-hybridized carbons (Fsp3) is 0.225. The number of rotatable bonds is 18. The van der Waals surface area contributed by atoms with Gasteiger partial charge in [0.25, 0.3) is 0 Å². The summed E-state index contributed by atoms with van der Waals surface area (Å²) in [6.07, 6.45) is 6.56. The fourth-order valence-electron chi connectivity index (χ4n) is 5.59. The summed E-state index contributed by atoms with van der Waals surface area (Å²) in [5, 5.41) is 13.1. The first-order valence-corrected chi connectivity index (χ1v) is 16.9. The van der Waals surface area contributed by atoms with E-state index in [0.29, 0.717) is 77.8 Å². The molecule has 0 saturated carbocycles. The van der Waals surface area contributed by atoms with Crippen LogP contribution in [0, 0.1) is 0 Å². The molecule has 6 rings (SSSR count). The van der Waals surface area contributed by atoms with Crippen molar-refractivity contribution < 1.29 is 38.0 Å². The fourth-order valence-corrected chi connectivity index (χ4v) is 5.59. The predicted octanol–water partition coefficient (Wildman–Crippen LogP) is 6.59. The molecule has 0 spiro atoms. The normalized spacial score (nSPS) is 11.1. The Balaban J connectivity index is 1.23. The molecule has 54 heavy (non-hydrogen) atoms. The molecule has 0 amide bonds. The molecule has 0 radical (unpaired) electrons. The van der Waals surface area contributed by atoms with Crippen molar-refractivity contribution in [1.29, 1.82) is 0 Å². The second-order valence-electron chi connectivity index (χ2n) is 11.6. The van der Waals surface area contributed by atoms with Crippen LogP contribution in [0.4, 0.5) is 11.5 Å². The standard InChI is InChI=1S/C40H40N6O8/c1-48-15-17-53-35-22-30-31(23-36(35)54-18-16-49-2)41-25-42-40(30)43-29-11-8-10-27(19-29)32-24-46(45-44-32)33-12-7-6-9-26(33)13-14-34(47)28-20-37(50-3)39(52-5)38(21-28)51-4/h6-14,19-25H,15-18H2,1-5H3,(H,41,42,43)/b14-13+. The van der Waals surface area contributed by atoms with Crippen molar-refractivity contribution in [3.63, 3.8) is 0 Å². The number of carbonyl (C=O) groups excluding carboxylic acids is 1. The van der Waals surface area contributed by atoms with E-state index in [1.54, 1.807) is 37.1 Å². The van der Waals surface area contributed by atoms with Crippen LogP contribution in [0.25, 0.3) is 33.9 Å². The maximum atomic E-state index is 13.3. The van der Waals surface area contributed by atoms with Crippen LogP contribution < -0.4 is 29.0 Å². The van der Waals surface area contributed by atoms with Crippen LogP contribution in [-0.4, -0.2) is 92.7 Å². The monoisotopic (exact) mass is 732 g/mol. The van der Waals surface area contributed by atoms with Crippen molar-refractivity contribution in [2.24, 2.45) is 0 Å². The Morgan fingerprint density at radius 1 is 0.759 bits per heavy atom. The lowest BCUT2D eigenvalue weighted by Crippen LogP contribution is -2.09. The highest BCUT2D eigenvalue weighted by Gasteiger charge is 2.17. The quantitative estimate of drug-likeness (QED) is 0.0575. The Kier molecular flexibility index (Phi) is 12.3. The van der Waals surface area contributed by atoms with Gasteiger partial charge in [0.15, 0.2) is 28.8 Å². The van der Waals surface area contributed by atoms with E-state index >= 15 is 0 Å².